The van der Waals surface area contributed by atoms with Gasteiger partial charge in [-0.1, -0.05) is 0 Å². The number of likely N-dealkylation sites (N-methyl/N-ethyl adjacent to an activating group) is 1. The summed E-state index contributed by atoms with van der Waals surface area (Å²) in [6.45, 7) is 6.39. The molecule has 1 aromatic rings. The van der Waals surface area contributed by atoms with Crippen molar-refractivity contribution in [1.29, 1.82) is 0 Å². The second-order valence-corrected chi connectivity index (χ2v) is 7.74. The highest BCUT2D eigenvalue weighted by Crippen LogP contribution is 2.25. The van der Waals surface area contributed by atoms with Crippen LogP contribution in [0.3, 0.4) is 0 Å². The Kier molecular flexibility index (Phi) is 6.02. The van der Waals surface area contributed by atoms with Gasteiger partial charge in [-0.05, 0) is 50.6 Å². The van der Waals surface area contributed by atoms with Gasteiger partial charge in [0.25, 0.3) is 0 Å². The summed E-state index contributed by atoms with van der Waals surface area (Å²) >= 11 is 0. The third kappa shape index (κ3) is 4.67. The van der Waals surface area contributed by atoms with Crippen molar-refractivity contribution in [3.63, 3.8) is 0 Å². The topological polar surface area (TPSA) is 67.9 Å². The van der Waals surface area contributed by atoms with E-state index in [2.05, 4.69) is 9.62 Å². The zero-order chi connectivity index (χ0) is 17.0. The van der Waals surface area contributed by atoms with Crippen molar-refractivity contribution in [2.24, 2.45) is 0 Å². The van der Waals surface area contributed by atoms with Crippen LogP contribution in [0.15, 0.2) is 17.0 Å². The normalized spacial score (nSPS) is 19.7. The van der Waals surface area contributed by atoms with Crippen molar-refractivity contribution in [2.75, 3.05) is 40.4 Å². The predicted molar refractivity (Wildman–Crippen MR) is 89.5 cm³/mol. The summed E-state index contributed by atoms with van der Waals surface area (Å²) in [5, 5.41) is 0. The lowest BCUT2D eigenvalue weighted by atomic mass is 10.1. The summed E-state index contributed by atoms with van der Waals surface area (Å²) in [4.78, 5) is 2.53. The number of ether oxygens (including phenoxy) is 2. The van der Waals surface area contributed by atoms with Crippen LogP contribution in [0, 0.1) is 13.8 Å². The highest BCUT2D eigenvalue weighted by atomic mass is 32.2. The number of methoxy groups -OCH3 is 1. The second kappa shape index (κ2) is 7.61. The van der Waals surface area contributed by atoms with Crippen LogP contribution in [0.5, 0.6) is 5.75 Å². The maximum Gasteiger partial charge on any atom is 0.241 e. The van der Waals surface area contributed by atoms with E-state index in [1.54, 1.807) is 33.1 Å². The first-order valence-corrected chi connectivity index (χ1v) is 9.27. The molecule has 0 aliphatic carbocycles. The van der Waals surface area contributed by atoms with Gasteiger partial charge in [0.2, 0.25) is 10.0 Å². The molecule has 6 nitrogen and oxygen atoms in total. The number of hydrogen-bond donors (Lipinski definition) is 1. The van der Waals surface area contributed by atoms with Gasteiger partial charge in [0.15, 0.2) is 0 Å². The molecular formula is C16H26N2O4S. The Morgan fingerprint density at radius 1 is 1.35 bits per heavy atom. The lowest BCUT2D eigenvalue weighted by Crippen LogP contribution is -2.41. The molecule has 0 bridgehead atoms. The van der Waals surface area contributed by atoms with Gasteiger partial charge in [-0.15, -0.1) is 0 Å². The SMILES string of the molecule is COc1cc(C)c(S(=O)(=O)NCCC2CN(C)CCO2)c(C)c1. The lowest BCUT2D eigenvalue weighted by molar-refractivity contribution is -0.0222. The van der Waals surface area contributed by atoms with Crippen molar-refractivity contribution in [3.8, 4) is 5.75 Å². The largest absolute Gasteiger partial charge is 0.497 e. The monoisotopic (exact) mass is 342 g/mol. The average molecular weight is 342 g/mol. The zero-order valence-electron chi connectivity index (χ0n) is 14.3. The predicted octanol–water partition coefficient (Wildman–Crippen LogP) is 1.31. The highest BCUT2D eigenvalue weighted by Gasteiger charge is 2.22. The minimum atomic E-state index is -3.54. The van der Waals surface area contributed by atoms with Crippen molar-refractivity contribution >= 4 is 10.0 Å². The zero-order valence-corrected chi connectivity index (χ0v) is 15.1. The number of rotatable bonds is 6. The molecule has 1 N–H and O–H groups in total. The maximum atomic E-state index is 12.6. The van der Waals surface area contributed by atoms with E-state index >= 15 is 0 Å². The third-order valence-corrected chi connectivity index (χ3v) is 5.80. The number of hydrogen-bond acceptors (Lipinski definition) is 5. The molecule has 1 heterocycles. The van der Waals surface area contributed by atoms with Gasteiger partial charge < -0.3 is 14.4 Å². The number of nitrogens with zero attached hydrogens (tertiary/aromatic N) is 1. The van der Waals surface area contributed by atoms with E-state index in [0.717, 1.165) is 13.1 Å². The van der Waals surface area contributed by atoms with Gasteiger partial charge in [-0.2, -0.15) is 0 Å². The van der Waals surface area contributed by atoms with Gasteiger partial charge in [0, 0.05) is 19.6 Å². The molecular weight excluding hydrogens is 316 g/mol. The molecule has 7 heteroatoms. The first-order chi connectivity index (χ1) is 10.8. The first-order valence-electron chi connectivity index (χ1n) is 7.78. The standard InChI is InChI=1S/C16H26N2O4S/c1-12-9-15(21-4)10-13(2)16(12)23(19,20)17-6-5-14-11-18(3)7-8-22-14/h9-10,14,17H,5-8,11H2,1-4H3. The van der Waals surface area contributed by atoms with E-state index in [1.165, 1.54) is 0 Å². The molecule has 0 amide bonds. The Hall–Kier alpha value is -1.15. The van der Waals surface area contributed by atoms with Gasteiger partial charge in [0.1, 0.15) is 5.75 Å². The van der Waals surface area contributed by atoms with Crippen LogP contribution in [0.4, 0.5) is 0 Å². The van der Waals surface area contributed by atoms with Crippen LogP contribution in [-0.4, -0.2) is 59.8 Å². The van der Waals surface area contributed by atoms with E-state index in [-0.39, 0.29) is 6.10 Å². The summed E-state index contributed by atoms with van der Waals surface area (Å²) in [6.07, 6.45) is 0.743. The molecule has 1 aromatic carbocycles. The number of benzene rings is 1. The van der Waals surface area contributed by atoms with E-state index in [1.807, 2.05) is 7.05 Å². The van der Waals surface area contributed by atoms with Crippen LogP contribution in [0.1, 0.15) is 17.5 Å². The van der Waals surface area contributed by atoms with E-state index in [4.69, 9.17) is 9.47 Å². The molecule has 2 rings (SSSR count). The molecule has 1 aliphatic heterocycles. The molecule has 1 unspecified atom stereocenters. The number of aryl methyl sites for hydroxylation is 2. The minimum absolute atomic E-state index is 0.0783. The Labute approximate surface area is 138 Å². The summed E-state index contributed by atoms with van der Waals surface area (Å²) in [5.74, 6) is 0.664. The summed E-state index contributed by atoms with van der Waals surface area (Å²) in [7, 11) is 0.0810. The number of morpholine rings is 1. The third-order valence-electron chi connectivity index (χ3n) is 4.04. The van der Waals surface area contributed by atoms with Crippen molar-refractivity contribution in [2.45, 2.75) is 31.3 Å². The Balaban J connectivity index is 2.02. The second-order valence-electron chi connectivity index (χ2n) is 6.03. The molecule has 1 aliphatic rings. The number of nitrogens with one attached hydrogen (secondary N) is 1. The molecule has 23 heavy (non-hydrogen) atoms. The molecule has 1 atom stereocenters. The highest BCUT2D eigenvalue weighted by molar-refractivity contribution is 7.89. The van der Waals surface area contributed by atoms with Gasteiger partial charge in [-0.25, -0.2) is 13.1 Å². The lowest BCUT2D eigenvalue weighted by Gasteiger charge is -2.30. The van der Waals surface area contributed by atoms with Gasteiger partial charge >= 0.3 is 0 Å². The molecule has 0 saturated carbocycles. The summed E-state index contributed by atoms with van der Waals surface area (Å²) in [5.41, 5.74) is 1.37. The summed E-state index contributed by atoms with van der Waals surface area (Å²) in [6, 6.07) is 3.47. The van der Waals surface area contributed by atoms with Gasteiger partial charge in [0.05, 0.1) is 24.7 Å². The average Bonchev–Trinajstić information content (AvgIpc) is 2.45. The Morgan fingerprint density at radius 2 is 2.00 bits per heavy atom. The maximum absolute atomic E-state index is 12.6. The van der Waals surface area contributed by atoms with Crippen LogP contribution in [0.25, 0.3) is 0 Å². The van der Waals surface area contributed by atoms with Crippen molar-refractivity contribution in [3.05, 3.63) is 23.3 Å². The molecule has 0 aromatic heterocycles. The van der Waals surface area contributed by atoms with Gasteiger partial charge in [-0.3, -0.25) is 0 Å². The molecule has 1 fully saturated rings. The fraction of sp³-hybridized carbons (Fsp3) is 0.625. The smallest absolute Gasteiger partial charge is 0.241 e. The van der Waals surface area contributed by atoms with Crippen molar-refractivity contribution in [1.82, 2.24) is 9.62 Å². The van der Waals surface area contributed by atoms with E-state index in [9.17, 15) is 8.42 Å². The van der Waals surface area contributed by atoms with Crippen LogP contribution in [-0.2, 0) is 14.8 Å². The summed E-state index contributed by atoms with van der Waals surface area (Å²) < 4.78 is 38.7. The Morgan fingerprint density at radius 3 is 2.57 bits per heavy atom. The fourth-order valence-electron chi connectivity index (χ4n) is 2.92. The fourth-order valence-corrected chi connectivity index (χ4v) is 4.42. The quantitative estimate of drug-likeness (QED) is 0.844. The molecule has 130 valence electrons. The molecule has 0 spiro atoms. The van der Waals surface area contributed by atoms with Crippen molar-refractivity contribution < 1.29 is 17.9 Å². The molecule has 0 radical (unpaired) electrons. The van der Waals surface area contributed by atoms with Crippen LogP contribution < -0.4 is 9.46 Å². The number of sulfonamides is 1. The van der Waals surface area contributed by atoms with Crippen LogP contribution in [0.2, 0.25) is 0 Å². The van der Waals surface area contributed by atoms with Crippen LogP contribution >= 0.6 is 0 Å². The minimum Gasteiger partial charge on any atom is -0.497 e. The Bertz CT molecular complexity index is 622. The van der Waals surface area contributed by atoms with E-state index < -0.39 is 10.0 Å². The first kappa shape index (κ1) is 18.2. The molecule has 1 saturated heterocycles. The van der Waals surface area contributed by atoms with E-state index in [0.29, 0.717) is 41.3 Å².